The first-order chi connectivity index (χ1) is 9.77. The van der Waals surface area contributed by atoms with Crippen molar-refractivity contribution in [2.45, 2.75) is 0 Å². The molecule has 0 saturated heterocycles. The number of hydrogen-bond acceptors (Lipinski definition) is 7. The predicted octanol–water partition coefficient (Wildman–Crippen LogP) is 3.70. The van der Waals surface area contributed by atoms with Crippen LogP contribution in [0.15, 0.2) is 4.47 Å². The second-order valence-electron chi connectivity index (χ2n) is 4.23. The fraction of sp³-hybridized carbons (Fsp3) is 0. The maximum absolute atomic E-state index is 10.0. The summed E-state index contributed by atoms with van der Waals surface area (Å²) in [6.45, 7) is 0. The third kappa shape index (κ3) is 1.63. The van der Waals surface area contributed by atoms with Gasteiger partial charge in [-0.25, -0.2) is 0 Å². The average Bonchev–Trinajstić information content (AvgIpc) is 2.87. The minimum atomic E-state index is -0.853. The molecule has 9 heteroatoms. The quantitative estimate of drug-likeness (QED) is 0.256. The fourth-order valence-corrected chi connectivity index (χ4v) is 4.09. The highest BCUT2D eigenvalue weighted by Gasteiger charge is 2.27. The normalized spacial score (nSPS) is 11.5. The van der Waals surface area contributed by atoms with Crippen LogP contribution >= 0.6 is 38.9 Å². The second kappa shape index (κ2) is 4.36. The zero-order valence-corrected chi connectivity index (χ0v) is 13.0. The number of phenols is 6. The summed E-state index contributed by atoms with van der Waals surface area (Å²) in [5.41, 5.74) is 0. The Kier molecular flexibility index (Phi) is 2.94. The summed E-state index contributed by atoms with van der Waals surface area (Å²) < 4.78 is 0.139. The van der Waals surface area contributed by atoms with Gasteiger partial charge >= 0.3 is 0 Å². The lowest BCUT2D eigenvalue weighted by Crippen LogP contribution is -1.79. The van der Waals surface area contributed by atoms with Crippen molar-refractivity contribution in [2.75, 3.05) is 0 Å². The van der Waals surface area contributed by atoms with Gasteiger partial charge in [0.05, 0.1) is 20.2 Å². The zero-order chi connectivity index (χ0) is 15.6. The number of phenolic OH excluding ortho intramolecular Hbond substituents is 6. The molecule has 3 aromatic rings. The summed E-state index contributed by atoms with van der Waals surface area (Å²) in [7, 11) is 0. The monoisotopic (exact) mass is 392 g/mol. The van der Waals surface area contributed by atoms with Crippen molar-refractivity contribution >= 4 is 59.0 Å². The standard InChI is InChI=1S/C12H6BrClO6S/c13-3-7(17)5(15)2-1-6(16)10(20)9(19)4(14)11(1)21-12(2)8(3)18/h15-20H. The van der Waals surface area contributed by atoms with Crippen LogP contribution in [-0.2, 0) is 0 Å². The number of thiophene rings is 1. The summed E-state index contributed by atoms with van der Waals surface area (Å²) >= 11 is 9.71. The Morgan fingerprint density at radius 3 is 1.81 bits per heavy atom. The number of aromatic hydroxyl groups is 6. The van der Waals surface area contributed by atoms with E-state index in [0.29, 0.717) is 0 Å². The third-order valence-electron chi connectivity index (χ3n) is 3.09. The van der Waals surface area contributed by atoms with Crippen LogP contribution in [0.25, 0.3) is 20.2 Å². The molecule has 0 radical (unpaired) electrons. The molecule has 6 nitrogen and oxygen atoms in total. The molecule has 0 aliphatic rings. The molecule has 0 unspecified atom stereocenters. The first kappa shape index (κ1) is 14.2. The molecular formula is C12H6BrClO6S. The summed E-state index contributed by atoms with van der Waals surface area (Å²) in [4.78, 5) is 0. The van der Waals surface area contributed by atoms with Gasteiger partial charge in [-0.3, -0.25) is 0 Å². The van der Waals surface area contributed by atoms with Crippen LogP contribution in [-0.4, -0.2) is 30.6 Å². The number of halogens is 2. The lowest BCUT2D eigenvalue weighted by molar-refractivity contribution is 0.371. The minimum Gasteiger partial charge on any atom is -0.505 e. The van der Waals surface area contributed by atoms with Crippen molar-refractivity contribution in [1.82, 2.24) is 0 Å². The summed E-state index contributed by atoms with van der Waals surface area (Å²) in [6, 6.07) is 0. The van der Waals surface area contributed by atoms with Crippen molar-refractivity contribution in [3.63, 3.8) is 0 Å². The van der Waals surface area contributed by atoms with Crippen LogP contribution in [0.3, 0.4) is 0 Å². The molecule has 2 aromatic carbocycles. The van der Waals surface area contributed by atoms with E-state index in [9.17, 15) is 30.6 Å². The van der Waals surface area contributed by atoms with E-state index in [2.05, 4.69) is 15.9 Å². The molecule has 6 N–H and O–H groups in total. The minimum absolute atomic E-state index is 0.0779. The van der Waals surface area contributed by atoms with Gasteiger partial charge in [0, 0.05) is 0 Å². The van der Waals surface area contributed by atoms with Crippen molar-refractivity contribution in [3.8, 4) is 34.5 Å². The molecule has 0 saturated carbocycles. The molecule has 1 heterocycles. The van der Waals surface area contributed by atoms with Gasteiger partial charge in [-0.1, -0.05) is 11.6 Å². The molecule has 21 heavy (non-hydrogen) atoms. The van der Waals surface area contributed by atoms with Crippen molar-refractivity contribution in [3.05, 3.63) is 9.50 Å². The molecule has 0 spiro atoms. The summed E-state index contributed by atoms with van der Waals surface area (Å²) in [5, 5.41) is 58.7. The van der Waals surface area contributed by atoms with E-state index in [1.165, 1.54) is 0 Å². The van der Waals surface area contributed by atoms with Crippen LogP contribution < -0.4 is 0 Å². The van der Waals surface area contributed by atoms with Gasteiger partial charge in [0.15, 0.2) is 28.7 Å². The first-order valence-electron chi connectivity index (χ1n) is 5.38. The molecule has 0 aliphatic heterocycles. The average molecular weight is 394 g/mol. The van der Waals surface area contributed by atoms with E-state index in [-0.39, 0.29) is 35.4 Å². The number of hydrogen-bond donors (Lipinski definition) is 6. The van der Waals surface area contributed by atoms with Crippen LogP contribution in [0.5, 0.6) is 34.5 Å². The number of fused-ring (bicyclic) bond motifs is 3. The topological polar surface area (TPSA) is 121 Å². The van der Waals surface area contributed by atoms with Gasteiger partial charge in [-0.15, -0.1) is 11.3 Å². The predicted molar refractivity (Wildman–Crippen MR) is 82.0 cm³/mol. The zero-order valence-electron chi connectivity index (χ0n) is 9.85. The van der Waals surface area contributed by atoms with Crippen LogP contribution in [0.1, 0.15) is 0 Å². The van der Waals surface area contributed by atoms with E-state index < -0.39 is 28.7 Å². The number of rotatable bonds is 0. The van der Waals surface area contributed by atoms with Crippen LogP contribution in [0.4, 0.5) is 0 Å². The van der Waals surface area contributed by atoms with Gasteiger partial charge in [-0.05, 0) is 15.9 Å². The molecule has 3 rings (SSSR count). The van der Waals surface area contributed by atoms with Crippen molar-refractivity contribution < 1.29 is 30.6 Å². The third-order valence-corrected chi connectivity index (χ3v) is 5.54. The Bertz CT molecular complexity index is 861. The molecule has 0 bridgehead atoms. The Balaban J connectivity index is 2.73. The summed E-state index contributed by atoms with van der Waals surface area (Å²) in [6.07, 6.45) is 0. The van der Waals surface area contributed by atoms with E-state index >= 15 is 0 Å². The largest absolute Gasteiger partial charge is 0.505 e. The molecule has 110 valence electrons. The highest BCUT2D eigenvalue weighted by atomic mass is 79.9. The van der Waals surface area contributed by atoms with Crippen molar-refractivity contribution in [1.29, 1.82) is 0 Å². The molecular weight excluding hydrogens is 388 g/mol. The second-order valence-corrected chi connectivity index (χ2v) is 6.42. The Morgan fingerprint density at radius 2 is 1.19 bits per heavy atom. The molecule has 0 fully saturated rings. The van der Waals surface area contributed by atoms with Crippen molar-refractivity contribution in [2.24, 2.45) is 0 Å². The van der Waals surface area contributed by atoms with Crippen LogP contribution in [0, 0.1) is 0 Å². The van der Waals surface area contributed by atoms with Gasteiger partial charge in [-0.2, -0.15) is 0 Å². The number of benzene rings is 2. The van der Waals surface area contributed by atoms with E-state index in [0.717, 1.165) is 11.3 Å². The maximum atomic E-state index is 10.0. The van der Waals surface area contributed by atoms with E-state index in [1.54, 1.807) is 0 Å². The van der Waals surface area contributed by atoms with Gasteiger partial charge in [0.1, 0.15) is 9.50 Å². The molecule has 1 aromatic heterocycles. The highest BCUT2D eigenvalue weighted by molar-refractivity contribution is 9.10. The smallest absolute Gasteiger partial charge is 0.202 e. The Labute approximate surface area is 133 Å². The Morgan fingerprint density at radius 1 is 0.667 bits per heavy atom. The Hall–Kier alpha value is -1.77. The van der Waals surface area contributed by atoms with E-state index in [1.807, 2.05) is 0 Å². The molecule has 0 amide bonds. The van der Waals surface area contributed by atoms with Gasteiger partial charge < -0.3 is 30.6 Å². The van der Waals surface area contributed by atoms with Gasteiger partial charge in [0.25, 0.3) is 0 Å². The summed E-state index contributed by atoms with van der Waals surface area (Å²) in [5.74, 6) is -3.87. The molecule has 0 aliphatic carbocycles. The lowest BCUT2D eigenvalue weighted by Gasteiger charge is -2.07. The molecule has 0 atom stereocenters. The SMILES string of the molecule is Oc1c(O)c(O)c2c(sc3c(O)c(Br)c(O)c(O)c32)c1Cl. The highest BCUT2D eigenvalue weighted by Crippen LogP contribution is 2.58. The fourth-order valence-electron chi connectivity index (χ4n) is 2.08. The van der Waals surface area contributed by atoms with Crippen LogP contribution in [0.2, 0.25) is 5.02 Å². The van der Waals surface area contributed by atoms with E-state index in [4.69, 9.17) is 11.6 Å². The van der Waals surface area contributed by atoms with Gasteiger partial charge in [0.2, 0.25) is 5.75 Å². The maximum Gasteiger partial charge on any atom is 0.202 e. The lowest BCUT2D eigenvalue weighted by atomic mass is 10.1. The first-order valence-corrected chi connectivity index (χ1v) is 7.37.